The number of carboxylic acids is 1. The Morgan fingerprint density at radius 3 is 2.67 bits per heavy atom. The van der Waals surface area contributed by atoms with Gasteiger partial charge in [0.1, 0.15) is 9.77 Å². The van der Waals surface area contributed by atoms with E-state index in [0.29, 0.717) is 5.56 Å². The van der Waals surface area contributed by atoms with Crippen molar-refractivity contribution in [3.8, 4) is 0 Å². The molecule has 0 aliphatic heterocycles. The Labute approximate surface area is 127 Å². The van der Waals surface area contributed by atoms with Gasteiger partial charge in [-0.2, -0.15) is 0 Å². The van der Waals surface area contributed by atoms with Crippen LogP contribution >= 0.6 is 11.3 Å². The molecule has 0 aliphatic carbocycles. The summed E-state index contributed by atoms with van der Waals surface area (Å²) < 4.78 is 31.3. The van der Waals surface area contributed by atoms with Crippen LogP contribution in [0.5, 0.6) is 0 Å². The maximum absolute atomic E-state index is 12.1. The first-order valence-corrected chi connectivity index (χ1v) is 8.62. The largest absolute Gasteiger partial charge is 0.477 e. The van der Waals surface area contributed by atoms with Gasteiger partial charge in [-0.15, -0.1) is 11.3 Å². The molecule has 2 N–H and O–H groups in total. The average molecular weight is 335 g/mol. The second kappa shape index (κ2) is 7.53. The van der Waals surface area contributed by atoms with Crippen LogP contribution in [-0.2, 0) is 19.6 Å². The molecule has 118 valence electrons. The quantitative estimate of drug-likeness (QED) is 0.548. The van der Waals surface area contributed by atoms with Crippen LogP contribution in [0.25, 0.3) is 0 Å². The number of hydrogen-bond acceptors (Lipinski definition) is 6. The van der Waals surface area contributed by atoms with E-state index in [1.807, 2.05) is 0 Å². The Morgan fingerprint density at radius 1 is 1.43 bits per heavy atom. The zero-order valence-corrected chi connectivity index (χ0v) is 13.3. The molecule has 0 bridgehead atoms. The molecule has 0 amide bonds. The molecular formula is C12H17NO6S2. The predicted octanol–water partition coefficient (Wildman–Crippen LogP) is 1.38. The first kappa shape index (κ1) is 17.6. The number of aromatic carboxylic acids is 1. The van der Waals surface area contributed by atoms with Crippen molar-refractivity contribution in [3.05, 3.63) is 15.8 Å². The van der Waals surface area contributed by atoms with Crippen molar-refractivity contribution >= 4 is 33.3 Å². The smallest absolute Gasteiger partial charge is 0.347 e. The molecular weight excluding hydrogens is 318 g/mol. The lowest BCUT2D eigenvalue weighted by Crippen LogP contribution is -2.27. The molecule has 21 heavy (non-hydrogen) atoms. The number of carbonyl (C=O) groups excluding carboxylic acids is 1. The first-order valence-electron chi connectivity index (χ1n) is 6.26. The van der Waals surface area contributed by atoms with Crippen LogP contribution in [0.15, 0.2) is 10.3 Å². The summed E-state index contributed by atoms with van der Waals surface area (Å²) in [6.07, 6.45) is 0.383. The molecule has 0 aromatic carbocycles. The molecule has 0 unspecified atom stereocenters. The third-order valence-corrected chi connectivity index (χ3v) is 5.40. The molecule has 1 heterocycles. The number of hydrogen-bond donors (Lipinski definition) is 2. The van der Waals surface area contributed by atoms with Gasteiger partial charge in [-0.3, -0.25) is 4.79 Å². The van der Waals surface area contributed by atoms with Gasteiger partial charge in [0, 0.05) is 13.0 Å². The number of ether oxygens (including phenoxy) is 1. The topological polar surface area (TPSA) is 110 Å². The van der Waals surface area contributed by atoms with E-state index < -0.39 is 22.0 Å². The van der Waals surface area contributed by atoms with E-state index >= 15 is 0 Å². The maximum atomic E-state index is 12.1. The predicted molar refractivity (Wildman–Crippen MR) is 77.1 cm³/mol. The van der Waals surface area contributed by atoms with Crippen molar-refractivity contribution in [2.75, 3.05) is 13.2 Å². The number of rotatable bonds is 8. The van der Waals surface area contributed by atoms with E-state index in [1.165, 1.54) is 12.3 Å². The van der Waals surface area contributed by atoms with Gasteiger partial charge in [-0.05, 0) is 31.2 Å². The summed E-state index contributed by atoms with van der Waals surface area (Å²) in [5.41, 5.74) is 0.385. The summed E-state index contributed by atoms with van der Waals surface area (Å²) in [6.45, 7) is 3.54. The van der Waals surface area contributed by atoms with Crippen LogP contribution in [0.1, 0.15) is 35.0 Å². The molecule has 0 saturated heterocycles. The minimum Gasteiger partial charge on any atom is -0.477 e. The van der Waals surface area contributed by atoms with Crippen LogP contribution in [0, 0.1) is 6.92 Å². The van der Waals surface area contributed by atoms with Crippen molar-refractivity contribution in [2.24, 2.45) is 0 Å². The van der Waals surface area contributed by atoms with Crippen LogP contribution in [0.3, 0.4) is 0 Å². The Balaban J connectivity index is 2.69. The summed E-state index contributed by atoms with van der Waals surface area (Å²) in [5.74, 6) is -1.67. The molecule has 0 fully saturated rings. The van der Waals surface area contributed by atoms with Crippen LogP contribution in [0.2, 0.25) is 0 Å². The standard InChI is InChI=1S/C12H17NO6S2/c1-3-19-9(14)5-4-6-13-21(17,18)11-8(2)7-20-10(11)12(15)16/h7,13H,3-6H2,1-2H3,(H,15,16). The number of esters is 1. The molecule has 1 aromatic rings. The van der Waals surface area contributed by atoms with Gasteiger partial charge < -0.3 is 9.84 Å². The fourth-order valence-corrected chi connectivity index (χ4v) is 4.36. The highest BCUT2D eigenvalue weighted by Crippen LogP contribution is 2.26. The first-order chi connectivity index (χ1) is 9.79. The molecule has 1 aromatic heterocycles. The molecule has 9 heteroatoms. The molecule has 7 nitrogen and oxygen atoms in total. The monoisotopic (exact) mass is 335 g/mol. The SMILES string of the molecule is CCOC(=O)CCCNS(=O)(=O)c1c(C)csc1C(=O)O. The fourth-order valence-electron chi connectivity index (χ4n) is 1.66. The number of aryl methyl sites for hydroxylation is 1. The van der Waals surface area contributed by atoms with Crippen molar-refractivity contribution in [3.63, 3.8) is 0 Å². The molecule has 0 saturated carbocycles. The fraction of sp³-hybridized carbons (Fsp3) is 0.500. The van der Waals surface area contributed by atoms with E-state index in [0.717, 1.165) is 11.3 Å². The van der Waals surface area contributed by atoms with E-state index in [1.54, 1.807) is 6.92 Å². The van der Waals surface area contributed by atoms with Crippen molar-refractivity contribution in [1.82, 2.24) is 4.72 Å². The van der Waals surface area contributed by atoms with E-state index in [4.69, 9.17) is 9.84 Å². The lowest BCUT2D eigenvalue weighted by molar-refractivity contribution is -0.143. The second-order valence-electron chi connectivity index (χ2n) is 4.19. The van der Waals surface area contributed by atoms with Crippen LogP contribution in [0.4, 0.5) is 0 Å². The minimum atomic E-state index is -3.91. The molecule has 0 radical (unpaired) electrons. The Bertz CT molecular complexity index is 620. The highest BCUT2D eigenvalue weighted by Gasteiger charge is 2.26. The molecule has 0 spiro atoms. The van der Waals surface area contributed by atoms with Gasteiger partial charge in [0.05, 0.1) is 6.61 Å². The summed E-state index contributed by atoms with van der Waals surface area (Å²) in [4.78, 5) is 21.7. The van der Waals surface area contributed by atoms with Crippen LogP contribution < -0.4 is 4.72 Å². The normalized spacial score (nSPS) is 11.3. The van der Waals surface area contributed by atoms with Gasteiger partial charge in [-0.25, -0.2) is 17.9 Å². The van der Waals surface area contributed by atoms with Gasteiger partial charge in [0.25, 0.3) is 0 Å². The zero-order chi connectivity index (χ0) is 16.0. The van der Waals surface area contributed by atoms with Gasteiger partial charge >= 0.3 is 11.9 Å². The summed E-state index contributed by atoms with van der Waals surface area (Å²) in [6, 6.07) is 0. The molecule has 0 atom stereocenters. The zero-order valence-electron chi connectivity index (χ0n) is 11.7. The second-order valence-corrected chi connectivity index (χ2v) is 6.77. The van der Waals surface area contributed by atoms with Gasteiger partial charge in [-0.1, -0.05) is 0 Å². The number of thiophene rings is 1. The number of nitrogens with one attached hydrogen (secondary N) is 1. The van der Waals surface area contributed by atoms with Crippen molar-refractivity contribution in [2.45, 2.75) is 31.6 Å². The molecule has 0 aliphatic rings. The van der Waals surface area contributed by atoms with E-state index in [-0.39, 0.29) is 35.8 Å². The number of carbonyl (C=O) groups is 2. The third-order valence-electron chi connectivity index (χ3n) is 2.54. The van der Waals surface area contributed by atoms with E-state index in [9.17, 15) is 18.0 Å². The van der Waals surface area contributed by atoms with E-state index in [2.05, 4.69) is 4.72 Å². The lowest BCUT2D eigenvalue weighted by atomic mass is 10.3. The Morgan fingerprint density at radius 2 is 2.10 bits per heavy atom. The minimum absolute atomic E-state index is 0.0372. The maximum Gasteiger partial charge on any atom is 0.347 e. The third kappa shape index (κ3) is 4.80. The van der Waals surface area contributed by atoms with Crippen molar-refractivity contribution in [1.29, 1.82) is 0 Å². The highest BCUT2D eigenvalue weighted by molar-refractivity contribution is 7.89. The number of carboxylic acid groups (broad SMARTS) is 1. The van der Waals surface area contributed by atoms with Gasteiger partial charge in [0.2, 0.25) is 10.0 Å². The summed E-state index contributed by atoms with van der Waals surface area (Å²) >= 11 is 0.869. The average Bonchev–Trinajstić information content (AvgIpc) is 2.78. The summed E-state index contributed by atoms with van der Waals surface area (Å²) in [5, 5.41) is 10.5. The van der Waals surface area contributed by atoms with Gasteiger partial charge in [0.15, 0.2) is 0 Å². The Hall–Kier alpha value is -1.45. The molecule has 1 rings (SSSR count). The Kier molecular flexibility index (Phi) is 6.31. The number of sulfonamides is 1. The van der Waals surface area contributed by atoms with Crippen LogP contribution in [-0.4, -0.2) is 38.6 Å². The van der Waals surface area contributed by atoms with Crippen molar-refractivity contribution < 1.29 is 27.9 Å². The lowest BCUT2D eigenvalue weighted by Gasteiger charge is -2.07. The summed E-state index contributed by atoms with van der Waals surface area (Å²) in [7, 11) is -3.91. The highest BCUT2D eigenvalue weighted by atomic mass is 32.2.